The lowest BCUT2D eigenvalue weighted by Gasteiger charge is -2.13. The molecule has 2 aromatic carbocycles. The van der Waals surface area contributed by atoms with Crippen LogP contribution in [0.15, 0.2) is 101 Å². The van der Waals surface area contributed by atoms with Crippen molar-refractivity contribution in [2.45, 2.75) is 6.54 Å². The van der Waals surface area contributed by atoms with Crippen LogP contribution in [0.3, 0.4) is 0 Å². The quantitative estimate of drug-likeness (QED) is 0.278. The van der Waals surface area contributed by atoms with Crippen molar-refractivity contribution in [2.24, 2.45) is 4.99 Å². The van der Waals surface area contributed by atoms with Gasteiger partial charge < -0.3 is 9.30 Å². The minimum Gasteiger partial charge on any atom is -0.497 e. The van der Waals surface area contributed by atoms with Crippen LogP contribution >= 0.6 is 0 Å². The molecule has 5 rings (SSSR count). The number of nitriles is 1. The first-order valence-electron chi connectivity index (χ1n) is 11.5. The average molecular weight is 488 g/mol. The Morgan fingerprint density at radius 2 is 1.84 bits per heavy atom. The fourth-order valence-corrected chi connectivity index (χ4v) is 4.02. The standard InChI is InChI=1S/C29H21N5O3/c1-37-23-13-10-20(11-14-23)12-15-26(35)32-27-22(18-30)17-24-28(34(27)19-21-7-3-2-4-8-21)31-25-9-5-6-16-33(25)29(24)36/h2-17H,19H2,1H3/b15-12+,32-27?. The summed E-state index contributed by atoms with van der Waals surface area (Å²) in [6.07, 6.45) is 4.60. The minimum absolute atomic E-state index is 0.101. The van der Waals surface area contributed by atoms with E-state index in [9.17, 15) is 14.9 Å². The highest BCUT2D eigenvalue weighted by Gasteiger charge is 2.15. The molecule has 1 amide bonds. The second-order valence-corrected chi connectivity index (χ2v) is 8.20. The molecule has 0 aliphatic rings. The molecular formula is C29H21N5O3. The summed E-state index contributed by atoms with van der Waals surface area (Å²) in [6.45, 7) is 0.261. The Bertz CT molecular complexity index is 1830. The van der Waals surface area contributed by atoms with Gasteiger partial charge in [-0.2, -0.15) is 10.3 Å². The van der Waals surface area contributed by atoms with Crippen molar-refractivity contribution in [3.8, 4) is 11.8 Å². The number of methoxy groups -OCH3 is 1. The van der Waals surface area contributed by atoms with Crippen molar-refractivity contribution in [3.63, 3.8) is 0 Å². The lowest BCUT2D eigenvalue weighted by Crippen LogP contribution is -2.29. The highest BCUT2D eigenvalue weighted by molar-refractivity contribution is 5.92. The van der Waals surface area contributed by atoms with Gasteiger partial charge in [0, 0.05) is 12.3 Å². The van der Waals surface area contributed by atoms with Crippen LogP contribution in [0.2, 0.25) is 0 Å². The van der Waals surface area contributed by atoms with Gasteiger partial charge in [-0.3, -0.25) is 14.0 Å². The molecule has 0 aliphatic heterocycles. The van der Waals surface area contributed by atoms with Crippen molar-refractivity contribution < 1.29 is 9.53 Å². The summed E-state index contributed by atoms with van der Waals surface area (Å²) >= 11 is 0. The van der Waals surface area contributed by atoms with E-state index >= 15 is 0 Å². The lowest BCUT2D eigenvalue weighted by molar-refractivity contribution is -0.113. The van der Waals surface area contributed by atoms with E-state index in [4.69, 9.17) is 9.72 Å². The van der Waals surface area contributed by atoms with Gasteiger partial charge in [0.05, 0.1) is 24.6 Å². The molecule has 0 saturated heterocycles. The molecule has 0 bridgehead atoms. The van der Waals surface area contributed by atoms with E-state index in [1.807, 2.05) is 42.5 Å². The summed E-state index contributed by atoms with van der Waals surface area (Å²) in [5.41, 5.74) is 2.40. The zero-order valence-corrected chi connectivity index (χ0v) is 19.9. The minimum atomic E-state index is -0.550. The van der Waals surface area contributed by atoms with E-state index in [2.05, 4.69) is 11.1 Å². The highest BCUT2D eigenvalue weighted by atomic mass is 16.5. The Morgan fingerprint density at radius 3 is 2.57 bits per heavy atom. The smallest absolute Gasteiger partial charge is 0.271 e. The van der Waals surface area contributed by atoms with E-state index in [-0.39, 0.29) is 28.5 Å². The molecule has 180 valence electrons. The average Bonchev–Trinajstić information content (AvgIpc) is 2.94. The number of hydrogen-bond acceptors (Lipinski definition) is 5. The van der Waals surface area contributed by atoms with Crippen LogP contribution in [0, 0.1) is 11.3 Å². The zero-order chi connectivity index (χ0) is 25.8. The number of rotatable bonds is 5. The molecular weight excluding hydrogens is 466 g/mol. The molecule has 37 heavy (non-hydrogen) atoms. The van der Waals surface area contributed by atoms with E-state index < -0.39 is 5.91 Å². The van der Waals surface area contributed by atoms with Gasteiger partial charge in [-0.1, -0.05) is 48.5 Å². The Kier molecular flexibility index (Phi) is 6.43. The number of fused-ring (bicyclic) bond motifs is 2. The first-order chi connectivity index (χ1) is 18.1. The zero-order valence-electron chi connectivity index (χ0n) is 19.9. The number of carbonyl (C=O) groups excluding carboxylic acids is 1. The van der Waals surface area contributed by atoms with Gasteiger partial charge in [-0.05, 0) is 47.5 Å². The van der Waals surface area contributed by atoms with Gasteiger partial charge in [0.1, 0.15) is 23.1 Å². The molecule has 0 radical (unpaired) electrons. The number of nitrogens with zero attached hydrogens (tertiary/aromatic N) is 5. The second-order valence-electron chi connectivity index (χ2n) is 8.20. The third-order valence-electron chi connectivity index (χ3n) is 5.84. The molecule has 8 nitrogen and oxygen atoms in total. The number of benzene rings is 2. The van der Waals surface area contributed by atoms with Crippen LogP contribution in [-0.2, 0) is 11.3 Å². The van der Waals surface area contributed by atoms with Gasteiger partial charge in [0.25, 0.3) is 11.5 Å². The number of carbonyl (C=O) groups is 1. The molecule has 3 heterocycles. The van der Waals surface area contributed by atoms with Crippen molar-refractivity contribution in [2.75, 3.05) is 7.11 Å². The molecule has 5 aromatic rings. The summed E-state index contributed by atoms with van der Waals surface area (Å²) in [5, 5.41) is 10.2. The SMILES string of the molecule is COc1ccc(/C=C/C(=O)N=c2c(C#N)cc3c(=O)n4ccccc4nc3n2Cc2ccccc2)cc1. The van der Waals surface area contributed by atoms with E-state index in [0.717, 1.165) is 11.1 Å². The van der Waals surface area contributed by atoms with Crippen LogP contribution in [0.1, 0.15) is 16.7 Å². The molecule has 0 saturated carbocycles. The maximum absolute atomic E-state index is 13.3. The second kappa shape index (κ2) is 10.1. The van der Waals surface area contributed by atoms with Crippen molar-refractivity contribution in [3.05, 3.63) is 124 Å². The van der Waals surface area contributed by atoms with Crippen LogP contribution in [0.25, 0.3) is 22.8 Å². The van der Waals surface area contributed by atoms with Crippen LogP contribution < -0.4 is 15.8 Å². The number of ether oxygens (including phenoxy) is 1. The van der Waals surface area contributed by atoms with Gasteiger partial charge in [0.2, 0.25) is 0 Å². The predicted octanol–water partition coefficient (Wildman–Crippen LogP) is 3.72. The molecule has 0 N–H and O–H groups in total. The van der Waals surface area contributed by atoms with Crippen LogP contribution in [0.5, 0.6) is 5.75 Å². The molecule has 8 heteroatoms. The van der Waals surface area contributed by atoms with E-state index in [0.29, 0.717) is 17.0 Å². The first kappa shape index (κ1) is 23.5. The van der Waals surface area contributed by atoms with Gasteiger partial charge >= 0.3 is 0 Å². The monoisotopic (exact) mass is 487 g/mol. The van der Waals surface area contributed by atoms with Gasteiger partial charge in [0.15, 0.2) is 5.49 Å². The van der Waals surface area contributed by atoms with E-state index in [1.54, 1.807) is 54.3 Å². The third-order valence-corrected chi connectivity index (χ3v) is 5.84. The fraction of sp³-hybridized carbons (Fsp3) is 0.0690. The van der Waals surface area contributed by atoms with Crippen molar-refractivity contribution in [1.82, 2.24) is 14.0 Å². The number of pyridine rings is 2. The van der Waals surface area contributed by atoms with Crippen molar-refractivity contribution in [1.29, 1.82) is 5.26 Å². The first-order valence-corrected chi connectivity index (χ1v) is 11.5. The normalized spacial score (nSPS) is 11.7. The topological polar surface area (TPSA) is 102 Å². The number of amides is 1. The Hall–Kier alpha value is -5.29. The molecule has 3 aromatic heterocycles. The third kappa shape index (κ3) is 4.79. The summed E-state index contributed by atoms with van der Waals surface area (Å²) in [6, 6.07) is 25.5. The fourth-order valence-electron chi connectivity index (χ4n) is 4.02. The predicted molar refractivity (Wildman–Crippen MR) is 140 cm³/mol. The molecule has 0 unspecified atom stereocenters. The van der Waals surface area contributed by atoms with Gasteiger partial charge in [-0.25, -0.2) is 4.98 Å². The summed E-state index contributed by atoms with van der Waals surface area (Å²) in [4.78, 5) is 35.2. The molecule has 0 fully saturated rings. The van der Waals surface area contributed by atoms with E-state index in [1.165, 1.54) is 16.5 Å². The number of hydrogen-bond donors (Lipinski definition) is 0. The summed E-state index contributed by atoms with van der Waals surface area (Å²) in [5.74, 6) is 0.159. The Labute approximate surface area is 211 Å². The van der Waals surface area contributed by atoms with Crippen molar-refractivity contribution >= 4 is 28.7 Å². The summed E-state index contributed by atoms with van der Waals surface area (Å²) < 4.78 is 8.24. The maximum atomic E-state index is 13.3. The molecule has 0 atom stereocenters. The molecule has 0 spiro atoms. The van der Waals surface area contributed by atoms with Gasteiger partial charge in [-0.15, -0.1) is 0 Å². The summed E-state index contributed by atoms with van der Waals surface area (Å²) in [7, 11) is 1.58. The Morgan fingerprint density at radius 1 is 1.08 bits per heavy atom. The largest absolute Gasteiger partial charge is 0.497 e. The number of aromatic nitrogens is 3. The molecule has 0 aliphatic carbocycles. The van der Waals surface area contributed by atoms with Crippen LogP contribution in [0.4, 0.5) is 0 Å². The van der Waals surface area contributed by atoms with Crippen LogP contribution in [-0.4, -0.2) is 27.0 Å². The highest BCUT2D eigenvalue weighted by Crippen LogP contribution is 2.14. The Balaban J connectivity index is 1.71. The lowest BCUT2D eigenvalue weighted by atomic mass is 10.2. The maximum Gasteiger partial charge on any atom is 0.271 e.